The monoisotopic (exact) mass is 1070 g/mol. The van der Waals surface area contributed by atoms with E-state index in [-0.39, 0.29) is 0 Å². The molecule has 1 aliphatic rings. The Morgan fingerprint density at radius 1 is 0.458 bits per heavy atom. The Bertz CT molecular complexity index is 3120. The predicted octanol–water partition coefficient (Wildman–Crippen LogP) is 19.6. The zero-order valence-electron chi connectivity index (χ0n) is 43.0. The van der Waals surface area contributed by atoms with Crippen LogP contribution in [0.3, 0.4) is 0 Å². The Labute approximate surface area is 451 Å². The summed E-state index contributed by atoms with van der Waals surface area (Å²) in [5.74, 6) is 2.13. The summed E-state index contributed by atoms with van der Waals surface area (Å²) in [6.45, 7) is 18.4. The van der Waals surface area contributed by atoms with Crippen molar-refractivity contribution in [3.05, 3.63) is 229 Å². The molecule has 0 aromatic heterocycles. The molecule has 0 saturated carbocycles. The summed E-state index contributed by atoms with van der Waals surface area (Å²) in [4.78, 5) is 0. The van der Waals surface area contributed by atoms with Gasteiger partial charge < -0.3 is 0 Å². The van der Waals surface area contributed by atoms with E-state index in [1.54, 1.807) is 0 Å². The van der Waals surface area contributed by atoms with Crippen LogP contribution in [-0.4, -0.2) is 9.52 Å². The molecule has 0 N–H and O–H groups in total. The summed E-state index contributed by atoms with van der Waals surface area (Å²) >= 11 is -0.826. The molecule has 362 valence electrons. The second-order valence-electron chi connectivity index (χ2n) is 19.6. The van der Waals surface area contributed by atoms with E-state index in [2.05, 4.69) is 256 Å². The van der Waals surface area contributed by atoms with Crippen LogP contribution in [0.2, 0.25) is 0 Å². The van der Waals surface area contributed by atoms with E-state index in [0.29, 0.717) is 23.7 Å². The molecule has 4 heteroatoms. The van der Waals surface area contributed by atoms with Crippen molar-refractivity contribution in [2.45, 2.75) is 91.9 Å². The van der Waals surface area contributed by atoms with E-state index in [1.165, 1.54) is 123 Å². The number of fused-ring (bicyclic) bond motifs is 5. The molecule has 1 aliphatic heterocycles. The minimum atomic E-state index is -0.826. The standard InChI is InChI=1S/2C28H29.C12H7Si.2ClH.Zr/c2*1-5-20(4)23-17-22-15-16-24(19(2)3)28(27(22)18-23)26-14-10-9-13-25(26)21-11-7-6-8-12-21;1-3-7-11-9(5-1)10-6-2-4-8-12(10)13-11;;;/h2*6-20H,5H2,1-4H3;1-7H;2*1H;/q3*-1;;;+2/p-2. The minimum absolute atomic E-state index is 0.477. The summed E-state index contributed by atoms with van der Waals surface area (Å²) in [6.07, 6.45) is 2.34. The van der Waals surface area contributed by atoms with E-state index in [0.717, 1.165) is 9.52 Å². The van der Waals surface area contributed by atoms with Crippen LogP contribution in [0.1, 0.15) is 114 Å². The first-order chi connectivity index (χ1) is 35.1. The van der Waals surface area contributed by atoms with Gasteiger partial charge in [-0.3, -0.25) is 0 Å². The van der Waals surface area contributed by atoms with Gasteiger partial charge in [-0.05, 0) is 57.1 Å². The van der Waals surface area contributed by atoms with Gasteiger partial charge in [-0.15, -0.1) is 74.6 Å². The van der Waals surface area contributed by atoms with Crippen LogP contribution in [0.15, 0.2) is 200 Å². The van der Waals surface area contributed by atoms with Crippen molar-refractivity contribution < 1.29 is 20.8 Å². The summed E-state index contributed by atoms with van der Waals surface area (Å²) in [6, 6.07) is 76.4. The first-order valence-electron chi connectivity index (χ1n) is 25.7. The largest absolute Gasteiger partial charge is 0.184 e. The number of rotatable bonds is 10. The molecule has 0 saturated heterocycles. The fourth-order valence-electron chi connectivity index (χ4n) is 10.1. The maximum absolute atomic E-state index is 4.93. The smallest absolute Gasteiger partial charge is 0.0920 e. The zero-order chi connectivity index (χ0) is 50.7. The molecule has 2 radical (unpaired) electrons. The first kappa shape index (κ1) is 53.0. The summed E-state index contributed by atoms with van der Waals surface area (Å²) < 4.78 is 0. The summed E-state index contributed by atoms with van der Waals surface area (Å²) in [5.41, 5.74) is 19.2. The number of hydrogen-bond acceptors (Lipinski definition) is 0. The molecule has 10 aromatic rings. The number of halogens is 2. The van der Waals surface area contributed by atoms with Crippen LogP contribution in [0, 0.1) is 6.07 Å². The van der Waals surface area contributed by atoms with Crippen LogP contribution in [0.5, 0.6) is 0 Å². The Morgan fingerprint density at radius 2 is 0.847 bits per heavy atom. The van der Waals surface area contributed by atoms with Crippen molar-refractivity contribution in [2.24, 2.45) is 0 Å². The number of benzene rings is 8. The predicted molar refractivity (Wildman–Crippen MR) is 314 cm³/mol. The van der Waals surface area contributed by atoms with Crippen LogP contribution >= 0.6 is 17.0 Å². The zero-order valence-corrected chi connectivity index (χ0v) is 48.0. The SMILES string of the molecule is CCC(C)c1cc2c(-c3ccccc3-c3ccccc3)c(C(C)C)ccc2[cH-]1.CCC(C)c1cc2c(-c3ccccc3-c3ccccc3)c(C(C)C)ccc2[cH-]1.[Cl][Zr][Cl].[c-]1cccc2c1[Si]c1ccccc1-2. The maximum atomic E-state index is 4.93. The van der Waals surface area contributed by atoms with Crippen LogP contribution in [0.25, 0.3) is 77.2 Å². The van der Waals surface area contributed by atoms with E-state index in [9.17, 15) is 0 Å². The second-order valence-corrected chi connectivity index (χ2v) is 24.6. The third-order valence-electron chi connectivity index (χ3n) is 14.4. The van der Waals surface area contributed by atoms with Gasteiger partial charge in [0.15, 0.2) is 0 Å². The van der Waals surface area contributed by atoms with Gasteiger partial charge in [0.1, 0.15) is 0 Å². The quantitative estimate of drug-likeness (QED) is 0.0946. The minimum Gasteiger partial charge on any atom is -0.184 e. The average Bonchev–Trinajstić information content (AvgIpc) is 4.17. The summed E-state index contributed by atoms with van der Waals surface area (Å²) in [7, 11) is 10.7. The topological polar surface area (TPSA) is 0 Å². The molecular weight excluding hydrogens is 1010 g/mol. The Morgan fingerprint density at radius 3 is 1.28 bits per heavy atom. The molecule has 11 rings (SSSR count). The van der Waals surface area contributed by atoms with Gasteiger partial charge >= 0.3 is 37.9 Å². The third kappa shape index (κ3) is 11.9. The van der Waals surface area contributed by atoms with E-state index in [4.69, 9.17) is 17.0 Å². The van der Waals surface area contributed by atoms with Gasteiger partial charge in [-0.25, -0.2) is 0 Å². The second kappa shape index (κ2) is 25.1. The maximum Gasteiger partial charge on any atom is 0.0920 e. The van der Waals surface area contributed by atoms with Gasteiger partial charge in [-0.1, -0.05) is 235 Å². The van der Waals surface area contributed by atoms with Gasteiger partial charge in [0.05, 0.1) is 9.52 Å². The molecule has 10 aromatic carbocycles. The first-order valence-corrected chi connectivity index (χ1v) is 33.0. The van der Waals surface area contributed by atoms with Gasteiger partial charge in [0.25, 0.3) is 0 Å². The molecule has 0 amide bonds. The Hall–Kier alpha value is -5.34. The molecule has 2 atom stereocenters. The van der Waals surface area contributed by atoms with Crippen molar-refractivity contribution >= 4 is 58.5 Å². The molecule has 0 spiro atoms. The molecule has 0 aliphatic carbocycles. The molecule has 1 heterocycles. The van der Waals surface area contributed by atoms with Gasteiger partial charge in [-0.2, -0.15) is 41.6 Å². The van der Waals surface area contributed by atoms with Crippen molar-refractivity contribution in [1.82, 2.24) is 0 Å². The van der Waals surface area contributed by atoms with E-state index >= 15 is 0 Å². The summed E-state index contributed by atoms with van der Waals surface area (Å²) in [5, 5.41) is 8.33. The fourth-order valence-corrected chi connectivity index (χ4v) is 11.4. The van der Waals surface area contributed by atoms with Crippen molar-refractivity contribution in [2.75, 3.05) is 0 Å². The van der Waals surface area contributed by atoms with Gasteiger partial charge in [0.2, 0.25) is 0 Å². The molecule has 2 unspecified atom stereocenters. The van der Waals surface area contributed by atoms with Crippen LogP contribution in [-0.2, 0) is 20.8 Å². The van der Waals surface area contributed by atoms with Crippen molar-refractivity contribution in [1.29, 1.82) is 0 Å². The van der Waals surface area contributed by atoms with Crippen molar-refractivity contribution in [3.63, 3.8) is 0 Å². The number of hydrogen-bond donors (Lipinski definition) is 0. The van der Waals surface area contributed by atoms with E-state index < -0.39 is 20.8 Å². The van der Waals surface area contributed by atoms with Crippen LogP contribution < -0.4 is 10.4 Å². The van der Waals surface area contributed by atoms with E-state index in [1.807, 2.05) is 6.07 Å². The van der Waals surface area contributed by atoms with Crippen molar-refractivity contribution in [3.8, 4) is 55.6 Å². The van der Waals surface area contributed by atoms with Crippen LogP contribution in [0.4, 0.5) is 0 Å². The normalized spacial score (nSPS) is 12.2. The molecule has 0 fully saturated rings. The molecular formula is C68H65Cl2SiZr-3. The molecule has 0 bridgehead atoms. The van der Waals surface area contributed by atoms with Gasteiger partial charge in [0, 0.05) is 0 Å². The Balaban J connectivity index is 0.000000149. The Kier molecular flexibility index (Phi) is 18.4. The fraction of sp³-hybridized carbons (Fsp3) is 0.206. The third-order valence-corrected chi connectivity index (χ3v) is 15.8. The average molecular weight is 1070 g/mol. The molecule has 72 heavy (non-hydrogen) atoms. The molecule has 0 nitrogen and oxygen atoms in total.